The molecule has 43 heavy (non-hydrogen) atoms. The van der Waals surface area contributed by atoms with E-state index >= 15 is 0 Å². The summed E-state index contributed by atoms with van der Waals surface area (Å²) in [6.07, 6.45) is 3.22. The van der Waals surface area contributed by atoms with Crippen molar-refractivity contribution in [3.63, 3.8) is 0 Å². The molecule has 13 heteroatoms. The van der Waals surface area contributed by atoms with E-state index in [2.05, 4.69) is 11.4 Å². The van der Waals surface area contributed by atoms with Crippen LogP contribution in [0.1, 0.15) is 66.7 Å². The summed E-state index contributed by atoms with van der Waals surface area (Å²) in [7, 11) is 0. The van der Waals surface area contributed by atoms with Crippen LogP contribution in [0.15, 0.2) is 30.5 Å². The van der Waals surface area contributed by atoms with Crippen molar-refractivity contribution < 1.29 is 24.2 Å². The molecular weight excluding hydrogens is 574 g/mol. The number of aromatic nitrogens is 3. The van der Waals surface area contributed by atoms with Gasteiger partial charge in [-0.1, -0.05) is 11.6 Å². The number of aliphatic carboxylic acids is 1. The van der Waals surface area contributed by atoms with Crippen molar-refractivity contribution in [3.8, 4) is 6.07 Å². The van der Waals surface area contributed by atoms with Crippen molar-refractivity contribution in [1.82, 2.24) is 19.5 Å². The highest BCUT2D eigenvalue weighted by molar-refractivity contribution is 6.31. The van der Waals surface area contributed by atoms with Crippen LogP contribution in [0.5, 0.6) is 0 Å². The zero-order chi connectivity index (χ0) is 30.7. The molecule has 1 aromatic carbocycles. The van der Waals surface area contributed by atoms with Crippen molar-refractivity contribution in [3.05, 3.63) is 52.3 Å². The first-order valence-corrected chi connectivity index (χ1v) is 14.8. The second kappa shape index (κ2) is 12.9. The van der Waals surface area contributed by atoms with Gasteiger partial charge in [-0.3, -0.25) is 14.4 Å². The summed E-state index contributed by atoms with van der Waals surface area (Å²) in [4.78, 5) is 45.4. The number of nitrogens with one attached hydrogen (secondary N) is 1. The van der Waals surface area contributed by atoms with Gasteiger partial charge < -0.3 is 25.0 Å². The molecule has 2 fully saturated rings. The van der Waals surface area contributed by atoms with Gasteiger partial charge in [0.1, 0.15) is 17.8 Å². The fourth-order valence-electron chi connectivity index (χ4n) is 5.80. The van der Waals surface area contributed by atoms with E-state index in [1.807, 2.05) is 42.0 Å². The first-order chi connectivity index (χ1) is 20.7. The van der Waals surface area contributed by atoms with Crippen LogP contribution < -0.4 is 10.2 Å². The molecule has 2 aliphatic heterocycles. The van der Waals surface area contributed by atoms with Gasteiger partial charge in [-0.25, -0.2) is 9.50 Å². The smallest absolute Gasteiger partial charge is 0.306 e. The third-order valence-corrected chi connectivity index (χ3v) is 8.10. The van der Waals surface area contributed by atoms with Gasteiger partial charge in [-0.15, -0.1) is 0 Å². The number of anilines is 2. The number of carbonyl (C=O) groups excluding carboxylic acids is 2. The summed E-state index contributed by atoms with van der Waals surface area (Å²) in [6.45, 7) is 5.73. The van der Waals surface area contributed by atoms with Gasteiger partial charge in [-0.2, -0.15) is 10.4 Å². The highest BCUT2D eigenvalue weighted by Crippen LogP contribution is 2.35. The predicted molar refractivity (Wildman–Crippen MR) is 159 cm³/mol. The minimum absolute atomic E-state index is 0.103. The fourth-order valence-corrected chi connectivity index (χ4v) is 5.98. The predicted octanol–water partition coefficient (Wildman–Crippen LogP) is 4.23. The normalized spacial score (nSPS) is 20.2. The third-order valence-electron chi connectivity index (χ3n) is 7.87. The average molecular weight is 608 g/mol. The molecule has 2 N–H and O–H groups in total. The van der Waals surface area contributed by atoms with Crippen LogP contribution in [0.25, 0.3) is 5.65 Å². The molecule has 0 unspecified atom stereocenters. The minimum atomic E-state index is -1.08. The van der Waals surface area contributed by atoms with E-state index in [0.717, 1.165) is 36.2 Å². The number of hydrogen-bond donors (Lipinski definition) is 2. The lowest BCUT2D eigenvalue weighted by molar-refractivity contribution is -0.152. The summed E-state index contributed by atoms with van der Waals surface area (Å²) >= 11 is 6.28. The Morgan fingerprint density at radius 1 is 1.21 bits per heavy atom. The molecule has 226 valence electrons. The van der Waals surface area contributed by atoms with Crippen LogP contribution in [0.3, 0.4) is 0 Å². The number of amides is 1. The number of ether oxygens (including phenoxy) is 1. The molecule has 2 aliphatic rings. The number of rotatable bonds is 9. The highest BCUT2D eigenvalue weighted by atomic mass is 35.5. The topological polar surface area (TPSA) is 153 Å². The lowest BCUT2D eigenvalue weighted by atomic mass is 9.98. The minimum Gasteiger partial charge on any atom is -0.481 e. The van der Waals surface area contributed by atoms with Crippen molar-refractivity contribution in [2.45, 2.75) is 58.1 Å². The van der Waals surface area contributed by atoms with Crippen molar-refractivity contribution in [2.75, 3.05) is 36.4 Å². The maximum Gasteiger partial charge on any atom is 0.306 e. The largest absolute Gasteiger partial charge is 0.481 e. The standard InChI is InChI=1S/C30H34ClN7O5/c1-3-33-22-8-7-20(31)12-21(22)30(42)37-11-5-4-6-24(37)23-13-26-34-29(18(2)15-38(26)35-23)36-16-19(14-32)25(17-36)43-28(41)10-9-27(39)40/h7-8,12-13,15,19,24-25,33H,3-6,9-11,16-17H2,1-2H3,(H,39,40)/t19-,24+,25+/m1/s1. The maximum atomic E-state index is 13.8. The van der Waals surface area contributed by atoms with E-state index < -0.39 is 24.0 Å². The summed E-state index contributed by atoms with van der Waals surface area (Å²) < 4.78 is 7.17. The Labute approximate surface area is 254 Å². The van der Waals surface area contributed by atoms with Gasteiger partial charge >= 0.3 is 11.9 Å². The SMILES string of the molecule is CCNc1ccc(Cl)cc1C(=O)N1CCCC[C@H]1c1cc2nc(N3C[C@@H](C#N)[C@@H](OC(=O)CCC(=O)O)C3)c(C)cn2n1. The second-order valence-electron chi connectivity index (χ2n) is 10.9. The number of fused-ring (bicyclic) bond motifs is 1. The van der Waals surface area contributed by atoms with Crippen LogP contribution in [-0.4, -0.2) is 74.7 Å². The lowest BCUT2D eigenvalue weighted by Gasteiger charge is -2.35. The number of benzene rings is 1. The Morgan fingerprint density at radius 2 is 2.02 bits per heavy atom. The number of carbonyl (C=O) groups is 3. The van der Waals surface area contributed by atoms with E-state index in [9.17, 15) is 19.6 Å². The second-order valence-corrected chi connectivity index (χ2v) is 11.3. The number of likely N-dealkylation sites (tertiary alicyclic amines) is 1. The number of aryl methyl sites for hydroxylation is 1. The van der Waals surface area contributed by atoms with Crippen molar-refractivity contribution >= 4 is 46.6 Å². The monoisotopic (exact) mass is 607 g/mol. The van der Waals surface area contributed by atoms with Crippen LogP contribution >= 0.6 is 11.6 Å². The number of esters is 1. The van der Waals surface area contributed by atoms with Gasteiger partial charge in [0.05, 0.1) is 42.8 Å². The molecule has 4 heterocycles. The summed E-state index contributed by atoms with van der Waals surface area (Å²) in [5.41, 5.74) is 3.43. The average Bonchev–Trinajstić information content (AvgIpc) is 3.59. The fraction of sp³-hybridized carbons (Fsp3) is 0.467. The molecule has 0 saturated carbocycles. The molecular formula is C30H34ClN7O5. The Morgan fingerprint density at radius 3 is 2.77 bits per heavy atom. The number of hydrogen-bond acceptors (Lipinski definition) is 9. The zero-order valence-corrected chi connectivity index (χ0v) is 24.9. The third kappa shape index (κ3) is 6.51. The molecule has 0 bridgehead atoms. The lowest BCUT2D eigenvalue weighted by Crippen LogP contribution is -2.39. The summed E-state index contributed by atoms with van der Waals surface area (Å²) in [5, 5.41) is 27.1. The zero-order valence-electron chi connectivity index (χ0n) is 24.1. The van der Waals surface area contributed by atoms with E-state index in [0.29, 0.717) is 41.7 Å². The maximum absolute atomic E-state index is 13.8. The first-order valence-electron chi connectivity index (χ1n) is 14.5. The Hall–Kier alpha value is -4.37. The quantitative estimate of drug-likeness (QED) is 0.338. The van der Waals surface area contributed by atoms with E-state index in [4.69, 9.17) is 31.5 Å². The molecule has 2 saturated heterocycles. The molecule has 2 aromatic heterocycles. The molecule has 3 atom stereocenters. The number of nitriles is 1. The van der Waals surface area contributed by atoms with Crippen LogP contribution in [0, 0.1) is 24.2 Å². The number of nitrogens with zero attached hydrogens (tertiary/aromatic N) is 6. The summed E-state index contributed by atoms with van der Waals surface area (Å²) in [5.74, 6) is -1.76. The number of carboxylic acids is 1. The molecule has 12 nitrogen and oxygen atoms in total. The highest BCUT2D eigenvalue weighted by Gasteiger charge is 2.37. The van der Waals surface area contributed by atoms with Gasteiger partial charge in [0, 0.05) is 48.2 Å². The van der Waals surface area contributed by atoms with Crippen LogP contribution in [0.4, 0.5) is 11.5 Å². The van der Waals surface area contributed by atoms with E-state index in [-0.39, 0.29) is 31.3 Å². The van der Waals surface area contributed by atoms with E-state index in [1.165, 1.54) is 0 Å². The molecule has 3 aromatic rings. The first kappa shape index (κ1) is 30.1. The van der Waals surface area contributed by atoms with Gasteiger partial charge in [-0.05, 0) is 51.3 Å². The van der Waals surface area contributed by atoms with Gasteiger partial charge in [0.25, 0.3) is 5.91 Å². The Bertz CT molecular complexity index is 1580. The van der Waals surface area contributed by atoms with Crippen LogP contribution in [0.2, 0.25) is 5.02 Å². The van der Waals surface area contributed by atoms with Crippen molar-refractivity contribution in [2.24, 2.45) is 5.92 Å². The van der Waals surface area contributed by atoms with Crippen LogP contribution in [-0.2, 0) is 14.3 Å². The summed E-state index contributed by atoms with van der Waals surface area (Å²) in [6, 6.07) is 9.16. The van der Waals surface area contributed by atoms with E-state index in [1.54, 1.807) is 16.6 Å². The molecule has 0 spiro atoms. The van der Waals surface area contributed by atoms with Gasteiger partial charge in [0.2, 0.25) is 0 Å². The molecule has 5 rings (SSSR count). The Balaban J connectivity index is 1.38. The molecule has 0 aliphatic carbocycles. The van der Waals surface area contributed by atoms with Crippen molar-refractivity contribution in [1.29, 1.82) is 5.26 Å². The Kier molecular flexibility index (Phi) is 9.01. The molecule has 0 radical (unpaired) electrons. The number of halogens is 1. The number of carboxylic acid groups (broad SMARTS) is 1. The molecule has 1 amide bonds. The number of piperidine rings is 1. The van der Waals surface area contributed by atoms with Gasteiger partial charge in [0.15, 0.2) is 5.65 Å².